The lowest BCUT2D eigenvalue weighted by molar-refractivity contribution is 0.491. The summed E-state index contributed by atoms with van der Waals surface area (Å²) in [6.07, 6.45) is 1.77. The van der Waals surface area contributed by atoms with E-state index in [0.717, 1.165) is 27.9 Å². The fourth-order valence-electron chi connectivity index (χ4n) is 2.73. The van der Waals surface area contributed by atoms with Gasteiger partial charge in [-0.25, -0.2) is 4.99 Å². The maximum Gasteiger partial charge on any atom is 0.218 e. The SMILES string of the molecule is Cc1cccc(-c2nsc(Oc3cc(C)c(/N=C\N(C)C)cc3C)c2C#N)c1. The number of nitriles is 1. The lowest BCUT2D eigenvalue weighted by Gasteiger charge is -2.11. The van der Waals surface area contributed by atoms with E-state index >= 15 is 0 Å². The van der Waals surface area contributed by atoms with Crippen molar-refractivity contribution in [3.8, 4) is 28.1 Å². The molecule has 1 heterocycles. The summed E-state index contributed by atoms with van der Waals surface area (Å²) >= 11 is 1.20. The minimum absolute atomic E-state index is 0.461. The molecule has 28 heavy (non-hydrogen) atoms. The number of aliphatic imine (C=N–C) groups is 1. The highest BCUT2D eigenvalue weighted by molar-refractivity contribution is 7.08. The number of ether oxygens (including phenoxy) is 1. The summed E-state index contributed by atoms with van der Waals surface area (Å²) in [5.74, 6) is 0.706. The Labute approximate surface area is 169 Å². The Kier molecular flexibility index (Phi) is 5.76. The van der Waals surface area contributed by atoms with Crippen LogP contribution in [0.2, 0.25) is 0 Å². The predicted molar refractivity (Wildman–Crippen MR) is 115 cm³/mol. The van der Waals surface area contributed by atoms with Gasteiger partial charge in [0.25, 0.3) is 0 Å². The maximum absolute atomic E-state index is 9.70. The Morgan fingerprint density at radius 1 is 1.14 bits per heavy atom. The van der Waals surface area contributed by atoms with E-state index in [4.69, 9.17) is 4.74 Å². The minimum Gasteiger partial charge on any atom is -0.443 e. The van der Waals surface area contributed by atoms with Crippen LogP contribution >= 0.6 is 11.5 Å². The highest BCUT2D eigenvalue weighted by atomic mass is 32.1. The van der Waals surface area contributed by atoms with E-state index in [2.05, 4.69) is 15.4 Å². The summed E-state index contributed by atoms with van der Waals surface area (Å²) in [7, 11) is 3.87. The molecule has 0 aliphatic heterocycles. The van der Waals surface area contributed by atoms with Crippen molar-refractivity contribution in [2.75, 3.05) is 14.1 Å². The molecule has 0 aliphatic rings. The van der Waals surface area contributed by atoms with E-state index in [1.807, 2.05) is 76.2 Å². The Hall–Kier alpha value is -3.17. The standard InChI is InChI=1S/C22H22N4OS/c1-14-7-6-8-17(9-14)21-18(12-23)22(28-25-21)27-20-11-15(2)19(10-16(20)3)24-13-26(4)5/h6-11,13H,1-5H3/b24-13-. The Morgan fingerprint density at radius 3 is 2.61 bits per heavy atom. The molecule has 5 nitrogen and oxygen atoms in total. The fraction of sp³-hybridized carbons (Fsp3) is 0.227. The third-order valence-electron chi connectivity index (χ3n) is 4.19. The van der Waals surface area contributed by atoms with Gasteiger partial charge in [-0.3, -0.25) is 0 Å². The van der Waals surface area contributed by atoms with Crippen molar-refractivity contribution in [2.24, 2.45) is 4.99 Å². The van der Waals surface area contributed by atoms with Crippen LogP contribution in [0, 0.1) is 32.1 Å². The zero-order chi connectivity index (χ0) is 20.3. The molecule has 0 N–H and O–H groups in total. The van der Waals surface area contributed by atoms with E-state index in [9.17, 15) is 5.26 Å². The van der Waals surface area contributed by atoms with Gasteiger partial charge in [-0.05, 0) is 50.1 Å². The van der Waals surface area contributed by atoms with Crippen LogP contribution in [0.15, 0.2) is 41.4 Å². The van der Waals surface area contributed by atoms with Gasteiger partial charge in [0, 0.05) is 31.2 Å². The number of benzene rings is 2. The molecule has 0 spiro atoms. The number of rotatable bonds is 5. The van der Waals surface area contributed by atoms with Gasteiger partial charge in [-0.2, -0.15) is 9.64 Å². The summed E-state index contributed by atoms with van der Waals surface area (Å²) < 4.78 is 10.6. The fourth-order valence-corrected chi connectivity index (χ4v) is 3.47. The normalized spacial score (nSPS) is 10.9. The zero-order valence-electron chi connectivity index (χ0n) is 16.6. The van der Waals surface area contributed by atoms with Crippen LogP contribution in [-0.2, 0) is 0 Å². The summed E-state index contributed by atoms with van der Waals surface area (Å²) in [6.45, 7) is 5.98. The molecule has 0 saturated heterocycles. The van der Waals surface area contributed by atoms with Gasteiger partial charge < -0.3 is 9.64 Å². The van der Waals surface area contributed by atoms with E-state index in [1.165, 1.54) is 11.5 Å². The van der Waals surface area contributed by atoms with Gasteiger partial charge in [-0.15, -0.1) is 0 Å². The molecule has 0 atom stereocenters. The molecule has 2 aromatic carbocycles. The molecule has 0 amide bonds. The first-order valence-electron chi connectivity index (χ1n) is 8.85. The van der Waals surface area contributed by atoms with Crippen molar-refractivity contribution in [3.63, 3.8) is 0 Å². The predicted octanol–water partition coefficient (Wildman–Crippen LogP) is 5.62. The third kappa shape index (κ3) is 4.21. The maximum atomic E-state index is 9.70. The van der Waals surface area contributed by atoms with Crippen LogP contribution in [0.4, 0.5) is 5.69 Å². The molecule has 0 bridgehead atoms. The van der Waals surface area contributed by atoms with Crippen molar-refractivity contribution in [1.82, 2.24) is 9.27 Å². The number of hydrogen-bond acceptors (Lipinski definition) is 5. The third-order valence-corrected chi connectivity index (χ3v) is 4.92. The average Bonchev–Trinajstić information content (AvgIpc) is 3.05. The number of nitrogens with zero attached hydrogens (tertiary/aromatic N) is 4. The lowest BCUT2D eigenvalue weighted by atomic mass is 10.1. The van der Waals surface area contributed by atoms with Gasteiger partial charge in [-0.1, -0.05) is 23.8 Å². The molecule has 0 radical (unpaired) electrons. The molecule has 3 aromatic rings. The quantitative estimate of drug-likeness (QED) is 0.419. The van der Waals surface area contributed by atoms with Crippen LogP contribution < -0.4 is 4.74 Å². The largest absolute Gasteiger partial charge is 0.443 e. The molecular weight excluding hydrogens is 368 g/mol. The Morgan fingerprint density at radius 2 is 1.93 bits per heavy atom. The molecule has 0 fully saturated rings. The van der Waals surface area contributed by atoms with E-state index in [-0.39, 0.29) is 0 Å². The molecule has 1 aromatic heterocycles. The lowest BCUT2D eigenvalue weighted by Crippen LogP contribution is -2.07. The van der Waals surface area contributed by atoms with E-state index < -0.39 is 0 Å². The van der Waals surface area contributed by atoms with E-state index in [0.29, 0.717) is 22.1 Å². The minimum atomic E-state index is 0.461. The van der Waals surface area contributed by atoms with Crippen molar-refractivity contribution in [3.05, 3.63) is 58.7 Å². The highest BCUT2D eigenvalue weighted by Gasteiger charge is 2.18. The van der Waals surface area contributed by atoms with Crippen molar-refractivity contribution in [2.45, 2.75) is 20.8 Å². The van der Waals surface area contributed by atoms with Crippen LogP contribution in [0.3, 0.4) is 0 Å². The van der Waals surface area contributed by atoms with Gasteiger partial charge in [0.05, 0.1) is 12.0 Å². The van der Waals surface area contributed by atoms with E-state index in [1.54, 1.807) is 6.34 Å². The molecule has 0 unspecified atom stereocenters. The van der Waals surface area contributed by atoms with Crippen LogP contribution in [0.1, 0.15) is 22.3 Å². The Bertz CT molecular complexity index is 1080. The second-order valence-electron chi connectivity index (χ2n) is 6.89. The smallest absolute Gasteiger partial charge is 0.218 e. The summed E-state index contributed by atoms with van der Waals surface area (Å²) in [5.41, 5.74) is 6.01. The van der Waals surface area contributed by atoms with Crippen LogP contribution in [0.5, 0.6) is 10.8 Å². The number of hydrogen-bond donors (Lipinski definition) is 0. The van der Waals surface area contributed by atoms with Crippen molar-refractivity contribution in [1.29, 1.82) is 5.26 Å². The number of aromatic nitrogens is 1. The second kappa shape index (κ2) is 8.24. The van der Waals surface area contributed by atoms with Crippen molar-refractivity contribution < 1.29 is 4.74 Å². The molecule has 6 heteroatoms. The first-order valence-corrected chi connectivity index (χ1v) is 9.63. The van der Waals surface area contributed by atoms with Gasteiger partial charge in [0.2, 0.25) is 5.06 Å². The van der Waals surface area contributed by atoms with Gasteiger partial charge in [0.15, 0.2) is 0 Å². The molecular formula is C22H22N4OS. The van der Waals surface area contributed by atoms with Gasteiger partial charge in [0.1, 0.15) is 23.1 Å². The highest BCUT2D eigenvalue weighted by Crippen LogP contribution is 2.38. The number of aryl methyl sites for hydroxylation is 3. The van der Waals surface area contributed by atoms with Crippen LogP contribution in [0.25, 0.3) is 11.3 Å². The summed E-state index contributed by atoms with van der Waals surface area (Å²) in [6, 6.07) is 14.2. The van der Waals surface area contributed by atoms with Crippen LogP contribution in [-0.4, -0.2) is 29.7 Å². The molecule has 0 saturated carbocycles. The first kappa shape index (κ1) is 19.6. The average molecular weight is 391 g/mol. The second-order valence-corrected chi connectivity index (χ2v) is 7.63. The first-order chi connectivity index (χ1) is 13.4. The summed E-state index contributed by atoms with van der Waals surface area (Å²) in [5, 5.41) is 10.2. The zero-order valence-corrected chi connectivity index (χ0v) is 17.5. The van der Waals surface area contributed by atoms with Gasteiger partial charge >= 0.3 is 0 Å². The monoisotopic (exact) mass is 390 g/mol. The molecule has 142 valence electrons. The van der Waals surface area contributed by atoms with Crippen molar-refractivity contribution >= 4 is 23.6 Å². The topological polar surface area (TPSA) is 61.5 Å². The summed E-state index contributed by atoms with van der Waals surface area (Å²) in [4.78, 5) is 6.37. The Balaban J connectivity index is 1.95. The molecule has 0 aliphatic carbocycles. The molecule has 3 rings (SSSR count).